The van der Waals surface area contributed by atoms with E-state index in [-0.39, 0.29) is 5.82 Å². The van der Waals surface area contributed by atoms with Crippen LogP contribution in [0.5, 0.6) is 0 Å². The van der Waals surface area contributed by atoms with Gasteiger partial charge in [0, 0.05) is 25.5 Å². The van der Waals surface area contributed by atoms with Crippen LogP contribution in [0.2, 0.25) is 0 Å². The third-order valence-corrected chi connectivity index (χ3v) is 2.66. The molecule has 0 radical (unpaired) electrons. The number of carboxylic acids is 1. The molecule has 0 aromatic carbocycles. The molecule has 0 unspecified atom stereocenters. The SMILES string of the molecule is Cn1ccnc1CNc1cc(C(=O)O)c([N+](=O)[O-])cn1. The van der Waals surface area contributed by atoms with Gasteiger partial charge >= 0.3 is 11.7 Å². The molecule has 9 heteroatoms. The number of hydrogen-bond acceptors (Lipinski definition) is 6. The normalized spacial score (nSPS) is 10.2. The van der Waals surface area contributed by atoms with Crippen molar-refractivity contribution < 1.29 is 14.8 Å². The van der Waals surface area contributed by atoms with E-state index >= 15 is 0 Å². The van der Waals surface area contributed by atoms with Crippen LogP contribution in [0.1, 0.15) is 16.2 Å². The first kappa shape index (κ1) is 13.5. The minimum atomic E-state index is -1.38. The van der Waals surface area contributed by atoms with Crippen molar-refractivity contribution in [1.82, 2.24) is 14.5 Å². The second kappa shape index (κ2) is 5.34. The van der Waals surface area contributed by atoms with Gasteiger partial charge in [-0.3, -0.25) is 10.1 Å². The Kier molecular flexibility index (Phi) is 3.60. The van der Waals surface area contributed by atoms with Gasteiger partial charge in [0.15, 0.2) is 0 Å². The molecule has 0 atom stereocenters. The van der Waals surface area contributed by atoms with E-state index in [4.69, 9.17) is 5.11 Å². The van der Waals surface area contributed by atoms with E-state index in [9.17, 15) is 14.9 Å². The number of aryl methyl sites for hydroxylation is 1. The first-order chi connectivity index (χ1) is 9.49. The minimum absolute atomic E-state index is 0.232. The second-order valence-corrected chi connectivity index (χ2v) is 3.96. The molecular weight excluding hydrogens is 266 g/mol. The van der Waals surface area contributed by atoms with Crippen LogP contribution in [0.15, 0.2) is 24.7 Å². The highest BCUT2D eigenvalue weighted by Gasteiger charge is 2.21. The smallest absolute Gasteiger partial charge is 0.342 e. The van der Waals surface area contributed by atoms with Crippen molar-refractivity contribution in [2.24, 2.45) is 7.05 Å². The number of nitro groups is 1. The number of hydrogen-bond donors (Lipinski definition) is 2. The van der Waals surface area contributed by atoms with Crippen LogP contribution in [0.4, 0.5) is 11.5 Å². The number of carboxylic acid groups (broad SMARTS) is 1. The molecule has 2 N–H and O–H groups in total. The zero-order valence-corrected chi connectivity index (χ0v) is 10.5. The first-order valence-corrected chi connectivity index (χ1v) is 5.57. The van der Waals surface area contributed by atoms with Gasteiger partial charge in [0.1, 0.15) is 23.4 Å². The Labute approximate surface area is 113 Å². The lowest BCUT2D eigenvalue weighted by Gasteiger charge is -2.06. The minimum Gasteiger partial charge on any atom is -0.477 e. The van der Waals surface area contributed by atoms with Crippen molar-refractivity contribution in [2.45, 2.75) is 6.54 Å². The maximum absolute atomic E-state index is 11.0. The number of nitrogens with zero attached hydrogens (tertiary/aromatic N) is 4. The average molecular weight is 277 g/mol. The Morgan fingerprint density at radius 2 is 2.30 bits per heavy atom. The number of carbonyl (C=O) groups is 1. The molecular formula is C11H11N5O4. The summed E-state index contributed by atoms with van der Waals surface area (Å²) >= 11 is 0. The summed E-state index contributed by atoms with van der Waals surface area (Å²) in [5.41, 5.74) is -0.951. The van der Waals surface area contributed by atoms with Crippen molar-refractivity contribution >= 4 is 17.5 Å². The van der Waals surface area contributed by atoms with Crippen molar-refractivity contribution in [3.8, 4) is 0 Å². The van der Waals surface area contributed by atoms with Crippen LogP contribution in [0.3, 0.4) is 0 Å². The quantitative estimate of drug-likeness (QED) is 0.618. The van der Waals surface area contributed by atoms with Gasteiger partial charge in [-0.05, 0) is 0 Å². The molecule has 0 bridgehead atoms. The van der Waals surface area contributed by atoms with Crippen LogP contribution in [0.25, 0.3) is 0 Å². The molecule has 2 rings (SSSR count). The van der Waals surface area contributed by atoms with E-state index in [0.717, 1.165) is 18.1 Å². The summed E-state index contributed by atoms with van der Waals surface area (Å²) < 4.78 is 1.79. The summed E-state index contributed by atoms with van der Waals surface area (Å²) in [4.78, 5) is 28.8. The van der Waals surface area contributed by atoms with Gasteiger partial charge in [-0.2, -0.15) is 0 Å². The van der Waals surface area contributed by atoms with Crippen molar-refractivity contribution in [2.75, 3.05) is 5.32 Å². The van der Waals surface area contributed by atoms with Gasteiger partial charge in [-0.1, -0.05) is 0 Å². The fourth-order valence-corrected chi connectivity index (χ4v) is 1.60. The number of pyridine rings is 1. The maximum atomic E-state index is 11.0. The molecule has 0 amide bonds. The molecule has 2 heterocycles. The second-order valence-electron chi connectivity index (χ2n) is 3.96. The Bertz CT molecular complexity index is 667. The molecule has 0 fully saturated rings. The number of rotatable bonds is 5. The number of nitrogens with one attached hydrogen (secondary N) is 1. The van der Waals surface area contributed by atoms with Crippen molar-refractivity contribution in [3.05, 3.63) is 46.2 Å². The summed E-state index contributed by atoms with van der Waals surface area (Å²) in [5.74, 6) is -0.419. The largest absolute Gasteiger partial charge is 0.477 e. The first-order valence-electron chi connectivity index (χ1n) is 5.57. The van der Waals surface area contributed by atoms with Crippen LogP contribution >= 0.6 is 0 Å². The predicted octanol–water partition coefficient (Wildman–Crippen LogP) is 1.03. The van der Waals surface area contributed by atoms with Gasteiger partial charge in [0.25, 0.3) is 0 Å². The van der Waals surface area contributed by atoms with Crippen LogP contribution in [0, 0.1) is 10.1 Å². The lowest BCUT2D eigenvalue weighted by molar-refractivity contribution is -0.385. The van der Waals surface area contributed by atoms with E-state index in [2.05, 4.69) is 15.3 Å². The monoisotopic (exact) mass is 277 g/mol. The van der Waals surface area contributed by atoms with Gasteiger partial charge in [0.05, 0.1) is 11.5 Å². The average Bonchev–Trinajstić information content (AvgIpc) is 2.81. The van der Waals surface area contributed by atoms with E-state index in [1.807, 2.05) is 7.05 Å². The topological polar surface area (TPSA) is 123 Å². The lowest BCUT2D eigenvalue weighted by Crippen LogP contribution is -2.09. The van der Waals surface area contributed by atoms with Gasteiger partial charge in [-0.25, -0.2) is 14.8 Å². The summed E-state index contributed by atoms with van der Waals surface area (Å²) in [5, 5.41) is 22.5. The summed E-state index contributed by atoms with van der Waals surface area (Å²) in [6.45, 7) is 0.327. The third kappa shape index (κ3) is 2.71. The molecule has 2 aromatic rings. The molecule has 0 saturated carbocycles. The van der Waals surface area contributed by atoms with Gasteiger partial charge in [0.2, 0.25) is 0 Å². The van der Waals surface area contributed by atoms with Crippen molar-refractivity contribution in [3.63, 3.8) is 0 Å². The number of aromatic nitrogens is 3. The standard InChI is InChI=1S/C11H11N5O4/c1-15-3-2-12-10(15)6-14-9-4-7(11(17)18)8(5-13-9)16(19)20/h2-5H,6H2,1H3,(H,13,14)(H,17,18). The Hall–Kier alpha value is -2.97. The molecule has 0 aliphatic heterocycles. The molecule has 0 saturated heterocycles. The molecule has 0 aliphatic rings. The van der Waals surface area contributed by atoms with E-state index in [0.29, 0.717) is 6.54 Å². The number of aromatic carboxylic acids is 1. The summed E-state index contributed by atoms with van der Waals surface area (Å²) in [7, 11) is 1.82. The van der Waals surface area contributed by atoms with E-state index in [1.54, 1.807) is 17.0 Å². The molecule has 0 aliphatic carbocycles. The molecule has 20 heavy (non-hydrogen) atoms. The Morgan fingerprint density at radius 1 is 1.55 bits per heavy atom. The predicted molar refractivity (Wildman–Crippen MR) is 68.4 cm³/mol. The zero-order chi connectivity index (χ0) is 14.7. The van der Waals surface area contributed by atoms with E-state index < -0.39 is 22.1 Å². The molecule has 0 spiro atoms. The molecule has 104 valence electrons. The third-order valence-electron chi connectivity index (χ3n) is 2.66. The van der Waals surface area contributed by atoms with E-state index in [1.165, 1.54) is 0 Å². The number of anilines is 1. The number of imidazole rings is 1. The lowest BCUT2D eigenvalue weighted by atomic mass is 10.2. The highest BCUT2D eigenvalue weighted by molar-refractivity contribution is 5.93. The summed E-state index contributed by atoms with van der Waals surface area (Å²) in [6, 6.07) is 1.13. The Balaban J connectivity index is 2.21. The Morgan fingerprint density at radius 3 is 2.85 bits per heavy atom. The highest BCUT2D eigenvalue weighted by atomic mass is 16.6. The fraction of sp³-hybridized carbons (Fsp3) is 0.182. The molecule has 2 aromatic heterocycles. The van der Waals surface area contributed by atoms with Crippen LogP contribution in [-0.2, 0) is 13.6 Å². The van der Waals surface area contributed by atoms with Gasteiger partial charge in [-0.15, -0.1) is 0 Å². The highest BCUT2D eigenvalue weighted by Crippen LogP contribution is 2.20. The molecule has 9 nitrogen and oxygen atoms in total. The van der Waals surface area contributed by atoms with Crippen LogP contribution in [-0.4, -0.2) is 30.5 Å². The maximum Gasteiger partial charge on any atom is 0.342 e. The van der Waals surface area contributed by atoms with Gasteiger partial charge < -0.3 is 15.0 Å². The zero-order valence-electron chi connectivity index (χ0n) is 10.5. The summed E-state index contributed by atoms with van der Waals surface area (Å²) in [6.07, 6.45) is 4.32. The fourth-order valence-electron chi connectivity index (χ4n) is 1.60. The van der Waals surface area contributed by atoms with Crippen LogP contribution < -0.4 is 5.32 Å². The van der Waals surface area contributed by atoms with Crippen molar-refractivity contribution in [1.29, 1.82) is 0 Å².